The van der Waals surface area contributed by atoms with Crippen molar-refractivity contribution < 1.29 is 23.5 Å². The fourth-order valence-electron chi connectivity index (χ4n) is 2.75. The summed E-state index contributed by atoms with van der Waals surface area (Å²) in [5, 5.41) is 3.48. The monoisotopic (exact) mass is 387 g/mol. The summed E-state index contributed by atoms with van der Waals surface area (Å²) < 4.78 is 16.3. The predicted molar refractivity (Wildman–Crippen MR) is 108 cm³/mol. The number of fused-ring (bicyclic) bond motifs is 1. The largest absolute Gasteiger partial charge is 0.455 e. The molecule has 0 atom stereocenters. The van der Waals surface area contributed by atoms with E-state index in [9.17, 15) is 9.59 Å². The predicted octanol–water partition coefficient (Wildman–Crippen LogP) is 5.02. The summed E-state index contributed by atoms with van der Waals surface area (Å²) in [7, 11) is 0. The Balaban J connectivity index is 1.38. The third kappa shape index (κ3) is 4.44. The molecule has 1 aromatic heterocycles. The zero-order chi connectivity index (χ0) is 20.1. The summed E-state index contributed by atoms with van der Waals surface area (Å²) in [6.07, 6.45) is 0. The van der Waals surface area contributed by atoms with Crippen LogP contribution < -0.4 is 10.1 Å². The molecule has 4 aromatic rings. The van der Waals surface area contributed by atoms with Crippen LogP contribution in [0.2, 0.25) is 0 Å². The molecule has 0 radical (unpaired) electrons. The van der Waals surface area contributed by atoms with Gasteiger partial charge in [-0.2, -0.15) is 0 Å². The lowest BCUT2D eigenvalue weighted by Crippen LogP contribution is -2.21. The molecular formula is C23H17NO5. The van der Waals surface area contributed by atoms with Crippen molar-refractivity contribution in [2.45, 2.75) is 0 Å². The second-order valence-electron chi connectivity index (χ2n) is 6.18. The summed E-state index contributed by atoms with van der Waals surface area (Å²) in [5.41, 5.74) is 1.05. The van der Waals surface area contributed by atoms with Gasteiger partial charge in [-0.15, -0.1) is 0 Å². The Morgan fingerprint density at radius 3 is 2.41 bits per heavy atom. The van der Waals surface area contributed by atoms with Gasteiger partial charge in [0.15, 0.2) is 12.4 Å². The maximum absolute atomic E-state index is 12.3. The van der Waals surface area contributed by atoms with E-state index in [1.54, 1.807) is 36.4 Å². The van der Waals surface area contributed by atoms with Crippen LogP contribution in [0.15, 0.2) is 89.3 Å². The van der Waals surface area contributed by atoms with E-state index in [0.717, 1.165) is 5.39 Å². The Labute approximate surface area is 166 Å². The standard InChI is InChI=1S/C23H17NO5/c25-22(15-27-23(26)21-14-16-8-4-6-12-19(16)29-21)24-18-11-5-7-13-20(18)28-17-9-2-1-3-10-17/h1-14H,15H2,(H,24,25). The quantitative estimate of drug-likeness (QED) is 0.470. The van der Waals surface area contributed by atoms with Gasteiger partial charge in [0.2, 0.25) is 5.76 Å². The van der Waals surface area contributed by atoms with Crippen LogP contribution in [-0.2, 0) is 9.53 Å². The summed E-state index contributed by atoms with van der Waals surface area (Å²) in [6.45, 7) is -0.449. The molecule has 1 amide bonds. The number of carbonyl (C=O) groups excluding carboxylic acids is 2. The lowest BCUT2D eigenvalue weighted by Gasteiger charge is -2.12. The molecule has 144 valence electrons. The molecule has 0 unspecified atom stereocenters. The van der Waals surface area contributed by atoms with Crippen LogP contribution in [0.1, 0.15) is 10.6 Å². The van der Waals surface area contributed by atoms with E-state index in [-0.39, 0.29) is 5.76 Å². The normalized spacial score (nSPS) is 10.5. The van der Waals surface area contributed by atoms with Crippen molar-refractivity contribution in [1.82, 2.24) is 0 Å². The van der Waals surface area contributed by atoms with Crippen LogP contribution in [0, 0.1) is 0 Å². The molecule has 1 N–H and O–H groups in total. The number of hydrogen-bond acceptors (Lipinski definition) is 5. The van der Waals surface area contributed by atoms with Gasteiger partial charge in [-0.1, -0.05) is 48.5 Å². The van der Waals surface area contributed by atoms with Gasteiger partial charge in [0.25, 0.3) is 5.91 Å². The number of esters is 1. The van der Waals surface area contributed by atoms with E-state index in [1.165, 1.54) is 0 Å². The van der Waals surface area contributed by atoms with Crippen LogP contribution in [0.3, 0.4) is 0 Å². The molecule has 6 nitrogen and oxygen atoms in total. The third-order valence-corrected chi connectivity index (χ3v) is 4.09. The van der Waals surface area contributed by atoms with E-state index >= 15 is 0 Å². The van der Waals surface area contributed by atoms with Gasteiger partial charge in [0, 0.05) is 5.39 Å². The van der Waals surface area contributed by atoms with Crippen molar-refractivity contribution in [2.24, 2.45) is 0 Å². The van der Waals surface area contributed by atoms with E-state index in [0.29, 0.717) is 22.8 Å². The smallest absolute Gasteiger partial charge is 0.374 e. The highest BCUT2D eigenvalue weighted by Crippen LogP contribution is 2.29. The highest BCUT2D eigenvalue weighted by molar-refractivity contribution is 5.97. The van der Waals surface area contributed by atoms with Crippen molar-refractivity contribution in [2.75, 3.05) is 11.9 Å². The van der Waals surface area contributed by atoms with Crippen molar-refractivity contribution in [3.05, 3.63) is 90.7 Å². The number of ether oxygens (including phenoxy) is 2. The van der Waals surface area contributed by atoms with E-state index in [1.807, 2.05) is 48.5 Å². The van der Waals surface area contributed by atoms with E-state index in [2.05, 4.69) is 5.32 Å². The highest BCUT2D eigenvalue weighted by atomic mass is 16.5. The Bertz CT molecular complexity index is 1120. The Hall–Kier alpha value is -4.06. The maximum Gasteiger partial charge on any atom is 0.374 e. The molecule has 0 saturated heterocycles. The molecule has 29 heavy (non-hydrogen) atoms. The second kappa shape index (κ2) is 8.31. The number of carbonyl (C=O) groups is 2. The highest BCUT2D eigenvalue weighted by Gasteiger charge is 2.16. The lowest BCUT2D eigenvalue weighted by molar-refractivity contribution is -0.119. The topological polar surface area (TPSA) is 77.8 Å². The minimum Gasteiger partial charge on any atom is -0.455 e. The number of anilines is 1. The SMILES string of the molecule is O=C(COC(=O)c1cc2ccccc2o1)Nc1ccccc1Oc1ccccc1. The molecule has 0 aliphatic heterocycles. The van der Waals surface area contributed by atoms with Crippen LogP contribution in [-0.4, -0.2) is 18.5 Å². The van der Waals surface area contributed by atoms with Gasteiger partial charge in [0.05, 0.1) is 5.69 Å². The fraction of sp³-hybridized carbons (Fsp3) is 0.0435. The first-order valence-corrected chi connectivity index (χ1v) is 8.96. The van der Waals surface area contributed by atoms with Crippen LogP contribution in [0.4, 0.5) is 5.69 Å². The lowest BCUT2D eigenvalue weighted by atomic mass is 10.2. The van der Waals surface area contributed by atoms with Crippen molar-refractivity contribution in [3.8, 4) is 11.5 Å². The van der Waals surface area contributed by atoms with Gasteiger partial charge in [-0.25, -0.2) is 4.79 Å². The Morgan fingerprint density at radius 1 is 0.862 bits per heavy atom. The maximum atomic E-state index is 12.3. The zero-order valence-electron chi connectivity index (χ0n) is 15.3. The molecule has 0 aliphatic carbocycles. The third-order valence-electron chi connectivity index (χ3n) is 4.09. The number of benzene rings is 3. The summed E-state index contributed by atoms with van der Waals surface area (Å²) in [6, 6.07) is 25.1. The van der Waals surface area contributed by atoms with E-state index < -0.39 is 18.5 Å². The zero-order valence-corrected chi connectivity index (χ0v) is 15.3. The molecule has 0 bridgehead atoms. The molecule has 4 rings (SSSR count). The molecule has 3 aromatic carbocycles. The van der Waals surface area contributed by atoms with Gasteiger partial charge in [0.1, 0.15) is 11.3 Å². The first-order chi connectivity index (χ1) is 14.2. The van der Waals surface area contributed by atoms with Crippen LogP contribution in [0.25, 0.3) is 11.0 Å². The number of furan rings is 1. The number of rotatable bonds is 6. The van der Waals surface area contributed by atoms with Crippen molar-refractivity contribution in [3.63, 3.8) is 0 Å². The fourth-order valence-corrected chi connectivity index (χ4v) is 2.75. The van der Waals surface area contributed by atoms with Crippen LogP contribution >= 0.6 is 0 Å². The molecule has 1 heterocycles. The van der Waals surface area contributed by atoms with E-state index in [4.69, 9.17) is 13.9 Å². The molecule has 0 saturated carbocycles. The molecule has 6 heteroatoms. The first-order valence-electron chi connectivity index (χ1n) is 8.96. The molecule has 0 fully saturated rings. The van der Waals surface area contributed by atoms with Crippen LogP contribution in [0.5, 0.6) is 11.5 Å². The minimum absolute atomic E-state index is 0.0480. The Morgan fingerprint density at radius 2 is 1.59 bits per heavy atom. The number of hydrogen-bond donors (Lipinski definition) is 1. The molecule has 0 aliphatic rings. The van der Waals surface area contributed by atoms with Crippen molar-refractivity contribution >= 4 is 28.5 Å². The summed E-state index contributed by atoms with van der Waals surface area (Å²) in [4.78, 5) is 24.4. The van der Waals surface area contributed by atoms with Gasteiger partial charge >= 0.3 is 5.97 Å². The molecule has 0 spiro atoms. The Kier molecular flexibility index (Phi) is 5.25. The number of amides is 1. The average molecular weight is 387 g/mol. The number of para-hydroxylation sites is 4. The molecular weight excluding hydrogens is 370 g/mol. The first kappa shape index (κ1) is 18.3. The summed E-state index contributed by atoms with van der Waals surface area (Å²) in [5.74, 6) is -0.0169. The van der Waals surface area contributed by atoms with Gasteiger partial charge < -0.3 is 19.2 Å². The average Bonchev–Trinajstić information content (AvgIpc) is 3.19. The van der Waals surface area contributed by atoms with Crippen molar-refractivity contribution in [1.29, 1.82) is 0 Å². The van der Waals surface area contributed by atoms with Gasteiger partial charge in [-0.3, -0.25) is 4.79 Å². The van der Waals surface area contributed by atoms with Gasteiger partial charge in [-0.05, 0) is 36.4 Å². The minimum atomic E-state index is -0.704. The second-order valence-corrected chi connectivity index (χ2v) is 6.18. The summed E-state index contributed by atoms with van der Waals surface area (Å²) >= 11 is 0. The number of nitrogens with one attached hydrogen (secondary N) is 1.